The maximum atomic E-state index is 9.18. The first kappa shape index (κ1) is 10.2. The molecule has 1 fully saturated rings. The third kappa shape index (κ3) is 2.18. The van der Waals surface area contributed by atoms with E-state index >= 15 is 0 Å². The summed E-state index contributed by atoms with van der Waals surface area (Å²) in [6, 6.07) is 0.346. The Morgan fingerprint density at radius 2 is 2.20 bits per heavy atom. The van der Waals surface area contributed by atoms with Crippen LogP contribution in [0.4, 0.5) is 11.8 Å². The minimum atomic E-state index is -0.145. The van der Waals surface area contributed by atoms with Crippen LogP contribution in [0.25, 0.3) is 0 Å². The standard InChI is InChI=1S/C10H16N4O/c1-6-5-12-10(11-2)14-9(6)13-7-3-8(15)4-7/h5,7-8,15H,3-4H2,1-2H3,(H2,11,12,13,14). The molecule has 0 saturated heterocycles. The molecule has 3 N–H and O–H groups in total. The summed E-state index contributed by atoms with van der Waals surface area (Å²) in [5.41, 5.74) is 1.02. The monoisotopic (exact) mass is 208 g/mol. The van der Waals surface area contributed by atoms with Gasteiger partial charge in [-0.1, -0.05) is 0 Å². The zero-order valence-corrected chi connectivity index (χ0v) is 8.99. The molecule has 1 aliphatic rings. The third-order valence-electron chi connectivity index (χ3n) is 2.65. The van der Waals surface area contributed by atoms with Crippen molar-refractivity contribution in [1.29, 1.82) is 0 Å². The number of nitrogens with zero attached hydrogens (tertiary/aromatic N) is 2. The fourth-order valence-electron chi connectivity index (χ4n) is 1.61. The van der Waals surface area contributed by atoms with Crippen molar-refractivity contribution in [2.24, 2.45) is 0 Å². The number of hydrogen-bond donors (Lipinski definition) is 3. The number of aliphatic hydroxyl groups is 1. The number of aromatic nitrogens is 2. The van der Waals surface area contributed by atoms with Gasteiger partial charge in [-0.3, -0.25) is 0 Å². The smallest absolute Gasteiger partial charge is 0.224 e. The molecule has 1 aliphatic carbocycles. The predicted octanol–water partition coefficient (Wildman–Crippen LogP) is 0.762. The van der Waals surface area contributed by atoms with Gasteiger partial charge in [0.25, 0.3) is 0 Å². The first-order valence-electron chi connectivity index (χ1n) is 5.15. The van der Waals surface area contributed by atoms with Gasteiger partial charge in [-0.2, -0.15) is 4.98 Å². The first-order valence-corrected chi connectivity index (χ1v) is 5.15. The summed E-state index contributed by atoms with van der Waals surface area (Å²) < 4.78 is 0. The van der Waals surface area contributed by atoms with E-state index in [-0.39, 0.29) is 6.10 Å². The summed E-state index contributed by atoms with van der Waals surface area (Å²) in [6.07, 6.45) is 3.25. The van der Waals surface area contributed by atoms with Crippen molar-refractivity contribution in [2.75, 3.05) is 17.7 Å². The van der Waals surface area contributed by atoms with Gasteiger partial charge in [-0.15, -0.1) is 0 Å². The summed E-state index contributed by atoms with van der Waals surface area (Å²) in [6.45, 7) is 1.97. The largest absolute Gasteiger partial charge is 0.393 e. The van der Waals surface area contributed by atoms with Crippen LogP contribution in [-0.4, -0.2) is 34.3 Å². The van der Waals surface area contributed by atoms with E-state index in [4.69, 9.17) is 0 Å². The molecule has 1 saturated carbocycles. The summed E-state index contributed by atoms with van der Waals surface area (Å²) in [5.74, 6) is 1.47. The van der Waals surface area contributed by atoms with Crippen LogP contribution in [0.2, 0.25) is 0 Å². The van der Waals surface area contributed by atoms with E-state index < -0.39 is 0 Å². The molecule has 1 aromatic rings. The fourth-order valence-corrected chi connectivity index (χ4v) is 1.61. The number of rotatable bonds is 3. The van der Waals surface area contributed by atoms with E-state index in [0.29, 0.717) is 12.0 Å². The third-order valence-corrected chi connectivity index (χ3v) is 2.65. The lowest BCUT2D eigenvalue weighted by Gasteiger charge is -2.32. The molecule has 0 aromatic carbocycles. The van der Waals surface area contributed by atoms with Gasteiger partial charge in [0, 0.05) is 24.8 Å². The highest BCUT2D eigenvalue weighted by molar-refractivity contribution is 5.47. The molecule has 2 rings (SSSR count). The van der Waals surface area contributed by atoms with Gasteiger partial charge in [-0.25, -0.2) is 4.98 Å². The molecule has 5 heteroatoms. The molecule has 1 aromatic heterocycles. The summed E-state index contributed by atoms with van der Waals surface area (Å²) >= 11 is 0. The molecular weight excluding hydrogens is 192 g/mol. The topological polar surface area (TPSA) is 70.1 Å². The quantitative estimate of drug-likeness (QED) is 0.684. The van der Waals surface area contributed by atoms with Crippen LogP contribution in [0.3, 0.4) is 0 Å². The number of hydrogen-bond acceptors (Lipinski definition) is 5. The molecule has 15 heavy (non-hydrogen) atoms. The SMILES string of the molecule is CNc1ncc(C)c(NC2CC(O)C2)n1. The number of aliphatic hydroxyl groups excluding tert-OH is 1. The van der Waals surface area contributed by atoms with Gasteiger partial charge >= 0.3 is 0 Å². The second kappa shape index (κ2) is 4.02. The van der Waals surface area contributed by atoms with E-state index in [1.165, 1.54) is 0 Å². The minimum Gasteiger partial charge on any atom is -0.393 e. The maximum Gasteiger partial charge on any atom is 0.224 e. The molecule has 1 heterocycles. The van der Waals surface area contributed by atoms with Crippen molar-refractivity contribution in [3.63, 3.8) is 0 Å². The molecule has 82 valence electrons. The van der Waals surface area contributed by atoms with Crippen molar-refractivity contribution in [3.05, 3.63) is 11.8 Å². The molecule has 0 atom stereocenters. The van der Waals surface area contributed by atoms with Crippen molar-refractivity contribution in [2.45, 2.75) is 31.9 Å². The molecule has 5 nitrogen and oxygen atoms in total. The van der Waals surface area contributed by atoms with Gasteiger partial charge < -0.3 is 15.7 Å². The molecule has 0 unspecified atom stereocenters. The Balaban J connectivity index is 2.06. The Bertz CT molecular complexity index is 349. The lowest BCUT2D eigenvalue weighted by molar-refractivity contribution is 0.0835. The lowest BCUT2D eigenvalue weighted by Crippen LogP contribution is -2.39. The van der Waals surface area contributed by atoms with E-state index in [2.05, 4.69) is 20.6 Å². The second-order valence-electron chi connectivity index (χ2n) is 3.94. The van der Waals surface area contributed by atoms with Crippen molar-refractivity contribution in [1.82, 2.24) is 9.97 Å². The van der Waals surface area contributed by atoms with Crippen LogP contribution in [-0.2, 0) is 0 Å². The van der Waals surface area contributed by atoms with Crippen LogP contribution in [0.15, 0.2) is 6.20 Å². The second-order valence-corrected chi connectivity index (χ2v) is 3.94. The average molecular weight is 208 g/mol. The highest BCUT2D eigenvalue weighted by Gasteiger charge is 2.27. The zero-order chi connectivity index (χ0) is 10.8. The number of aryl methyl sites for hydroxylation is 1. The highest BCUT2D eigenvalue weighted by atomic mass is 16.3. The average Bonchev–Trinajstić information content (AvgIpc) is 2.19. The summed E-state index contributed by atoms with van der Waals surface area (Å²) in [5, 5.41) is 15.4. The van der Waals surface area contributed by atoms with Gasteiger partial charge in [-0.05, 0) is 19.8 Å². The summed E-state index contributed by atoms with van der Waals surface area (Å²) in [4.78, 5) is 8.43. The fraction of sp³-hybridized carbons (Fsp3) is 0.600. The maximum absolute atomic E-state index is 9.18. The van der Waals surface area contributed by atoms with Crippen LogP contribution in [0, 0.1) is 6.92 Å². The molecule has 0 amide bonds. The predicted molar refractivity (Wildman–Crippen MR) is 59.0 cm³/mol. The molecular formula is C10H16N4O. The Morgan fingerprint density at radius 1 is 1.47 bits per heavy atom. The van der Waals surface area contributed by atoms with Gasteiger partial charge in [0.15, 0.2) is 0 Å². The van der Waals surface area contributed by atoms with E-state index in [1.54, 1.807) is 13.2 Å². The van der Waals surface area contributed by atoms with Gasteiger partial charge in [0.1, 0.15) is 5.82 Å². The Labute approximate surface area is 88.9 Å². The van der Waals surface area contributed by atoms with Gasteiger partial charge in [0.05, 0.1) is 6.10 Å². The first-order chi connectivity index (χ1) is 7.19. The van der Waals surface area contributed by atoms with Gasteiger partial charge in [0.2, 0.25) is 5.95 Å². The van der Waals surface area contributed by atoms with Crippen LogP contribution >= 0.6 is 0 Å². The van der Waals surface area contributed by atoms with Crippen molar-refractivity contribution >= 4 is 11.8 Å². The van der Waals surface area contributed by atoms with E-state index in [9.17, 15) is 5.11 Å². The molecule has 0 spiro atoms. The van der Waals surface area contributed by atoms with E-state index in [1.807, 2.05) is 6.92 Å². The Hall–Kier alpha value is -1.36. The molecule has 0 radical (unpaired) electrons. The Kier molecular flexibility index (Phi) is 2.73. The Morgan fingerprint density at radius 3 is 2.80 bits per heavy atom. The van der Waals surface area contributed by atoms with Crippen LogP contribution in [0.1, 0.15) is 18.4 Å². The van der Waals surface area contributed by atoms with Crippen molar-refractivity contribution in [3.8, 4) is 0 Å². The molecule has 0 aliphatic heterocycles. The number of nitrogens with one attached hydrogen (secondary N) is 2. The lowest BCUT2D eigenvalue weighted by atomic mass is 9.89. The highest BCUT2D eigenvalue weighted by Crippen LogP contribution is 2.24. The zero-order valence-electron chi connectivity index (χ0n) is 8.99. The van der Waals surface area contributed by atoms with Crippen LogP contribution < -0.4 is 10.6 Å². The van der Waals surface area contributed by atoms with Crippen LogP contribution in [0.5, 0.6) is 0 Å². The molecule has 0 bridgehead atoms. The normalized spacial score (nSPS) is 24.5. The van der Waals surface area contributed by atoms with Crippen molar-refractivity contribution < 1.29 is 5.11 Å². The van der Waals surface area contributed by atoms with E-state index in [0.717, 1.165) is 24.2 Å². The number of anilines is 2. The summed E-state index contributed by atoms with van der Waals surface area (Å²) in [7, 11) is 1.79. The minimum absolute atomic E-state index is 0.145.